The predicted octanol–water partition coefficient (Wildman–Crippen LogP) is 2.60. The van der Waals surface area contributed by atoms with Gasteiger partial charge in [0, 0.05) is 6.20 Å². The first-order valence-corrected chi connectivity index (χ1v) is 8.48. The van der Waals surface area contributed by atoms with Gasteiger partial charge in [0.1, 0.15) is 5.75 Å². The first kappa shape index (κ1) is 16.8. The molecule has 0 radical (unpaired) electrons. The largest absolute Gasteiger partial charge is 0.497 e. The van der Waals surface area contributed by atoms with Gasteiger partial charge in [0.2, 0.25) is 0 Å². The fraction of sp³-hybridized carbons (Fsp3) is 0.0952. The van der Waals surface area contributed by atoms with Gasteiger partial charge in [-0.05, 0) is 42.0 Å². The summed E-state index contributed by atoms with van der Waals surface area (Å²) in [6.45, 7) is 0.145. The van der Waals surface area contributed by atoms with Gasteiger partial charge in [-0.25, -0.2) is 14.3 Å². The average Bonchev–Trinajstić information content (AvgIpc) is 2.72. The van der Waals surface area contributed by atoms with Gasteiger partial charge < -0.3 is 4.74 Å². The van der Waals surface area contributed by atoms with Crippen molar-refractivity contribution in [2.75, 3.05) is 7.11 Å². The van der Waals surface area contributed by atoms with Crippen LogP contribution in [0.3, 0.4) is 0 Å². The lowest BCUT2D eigenvalue weighted by molar-refractivity contribution is 0.414. The van der Waals surface area contributed by atoms with Gasteiger partial charge in [0.15, 0.2) is 5.65 Å². The van der Waals surface area contributed by atoms with Gasteiger partial charge in [0.05, 0.1) is 24.7 Å². The molecule has 2 aromatic heterocycles. The Balaban J connectivity index is 1.99. The van der Waals surface area contributed by atoms with Crippen molar-refractivity contribution >= 4 is 11.0 Å². The van der Waals surface area contributed by atoms with Crippen molar-refractivity contribution < 1.29 is 4.74 Å². The third-order valence-electron chi connectivity index (χ3n) is 4.39. The fourth-order valence-corrected chi connectivity index (χ4v) is 3.09. The van der Waals surface area contributed by atoms with E-state index in [1.54, 1.807) is 25.4 Å². The maximum Gasteiger partial charge on any atom is 0.337 e. The first-order valence-electron chi connectivity index (χ1n) is 8.48. The number of fused-ring (bicyclic) bond motifs is 1. The monoisotopic (exact) mass is 359 g/mol. The standard InChI is InChI=1S/C21H17N3O3/c1-27-17-10-5-7-15(13-17)14-23-20(25)18-11-6-12-22-19(18)24(21(23)26)16-8-3-2-4-9-16/h2-13H,14H2,1H3. The van der Waals surface area contributed by atoms with E-state index in [0.29, 0.717) is 22.5 Å². The van der Waals surface area contributed by atoms with Gasteiger partial charge >= 0.3 is 5.69 Å². The number of aromatic nitrogens is 3. The molecule has 0 bridgehead atoms. The molecule has 27 heavy (non-hydrogen) atoms. The normalized spacial score (nSPS) is 10.9. The van der Waals surface area contributed by atoms with E-state index < -0.39 is 5.69 Å². The zero-order valence-corrected chi connectivity index (χ0v) is 14.7. The summed E-state index contributed by atoms with van der Waals surface area (Å²) in [6, 6.07) is 19.9. The maximum atomic E-state index is 13.2. The van der Waals surface area contributed by atoms with Crippen LogP contribution >= 0.6 is 0 Å². The number of hydrogen-bond donors (Lipinski definition) is 0. The third kappa shape index (κ3) is 3.01. The number of para-hydroxylation sites is 1. The van der Waals surface area contributed by atoms with Gasteiger partial charge in [-0.3, -0.25) is 9.36 Å². The van der Waals surface area contributed by atoms with Gasteiger partial charge in [-0.2, -0.15) is 0 Å². The van der Waals surface area contributed by atoms with Crippen molar-refractivity contribution in [3.05, 3.63) is 99.3 Å². The molecule has 6 nitrogen and oxygen atoms in total. The van der Waals surface area contributed by atoms with E-state index in [2.05, 4.69) is 4.98 Å². The Morgan fingerprint density at radius 2 is 1.78 bits per heavy atom. The molecule has 0 saturated heterocycles. The van der Waals surface area contributed by atoms with Crippen LogP contribution in [0.15, 0.2) is 82.5 Å². The van der Waals surface area contributed by atoms with E-state index >= 15 is 0 Å². The summed E-state index contributed by atoms with van der Waals surface area (Å²) < 4.78 is 7.93. The number of methoxy groups -OCH3 is 1. The molecule has 2 heterocycles. The van der Waals surface area contributed by atoms with Crippen molar-refractivity contribution in [3.63, 3.8) is 0 Å². The summed E-state index contributed by atoms with van der Waals surface area (Å²) in [5, 5.41) is 0.392. The highest BCUT2D eigenvalue weighted by Crippen LogP contribution is 2.14. The highest BCUT2D eigenvalue weighted by molar-refractivity contribution is 5.75. The Bertz CT molecular complexity index is 1230. The summed E-state index contributed by atoms with van der Waals surface area (Å²) in [5.74, 6) is 0.673. The van der Waals surface area contributed by atoms with Crippen molar-refractivity contribution in [2.45, 2.75) is 6.54 Å². The van der Waals surface area contributed by atoms with Crippen LogP contribution in [0, 0.1) is 0 Å². The number of ether oxygens (including phenoxy) is 1. The van der Waals surface area contributed by atoms with E-state index in [0.717, 1.165) is 5.56 Å². The summed E-state index contributed by atoms with van der Waals surface area (Å²) in [4.78, 5) is 30.5. The lowest BCUT2D eigenvalue weighted by Crippen LogP contribution is -2.40. The zero-order valence-electron chi connectivity index (χ0n) is 14.7. The molecule has 0 unspecified atom stereocenters. The number of nitrogens with zero attached hydrogens (tertiary/aromatic N) is 3. The Morgan fingerprint density at radius 3 is 2.56 bits per heavy atom. The van der Waals surface area contributed by atoms with E-state index in [-0.39, 0.29) is 12.1 Å². The summed E-state index contributed by atoms with van der Waals surface area (Å²) in [6.07, 6.45) is 1.58. The third-order valence-corrected chi connectivity index (χ3v) is 4.39. The van der Waals surface area contributed by atoms with Crippen LogP contribution in [-0.2, 0) is 6.54 Å². The highest BCUT2D eigenvalue weighted by Gasteiger charge is 2.15. The number of rotatable bonds is 4. The molecule has 0 aliphatic heterocycles. The summed E-state index contributed by atoms with van der Waals surface area (Å²) in [5.41, 5.74) is 1.01. The minimum absolute atomic E-state index is 0.145. The van der Waals surface area contributed by atoms with Gasteiger partial charge in [-0.15, -0.1) is 0 Å². The average molecular weight is 359 g/mol. The van der Waals surface area contributed by atoms with Crippen LogP contribution < -0.4 is 16.0 Å². The fourth-order valence-electron chi connectivity index (χ4n) is 3.09. The minimum atomic E-state index is -0.430. The number of hydrogen-bond acceptors (Lipinski definition) is 4. The number of pyridine rings is 1. The molecule has 4 rings (SSSR count). The van der Waals surface area contributed by atoms with E-state index in [1.165, 1.54) is 9.13 Å². The lowest BCUT2D eigenvalue weighted by Gasteiger charge is -2.13. The molecule has 134 valence electrons. The first-order chi connectivity index (χ1) is 13.2. The Morgan fingerprint density at radius 1 is 0.963 bits per heavy atom. The van der Waals surface area contributed by atoms with Crippen LogP contribution in [-0.4, -0.2) is 21.2 Å². The topological polar surface area (TPSA) is 66.1 Å². The van der Waals surface area contributed by atoms with Crippen LogP contribution in [0.4, 0.5) is 0 Å². The molecule has 4 aromatic rings. The van der Waals surface area contributed by atoms with Crippen LogP contribution in [0.1, 0.15) is 5.56 Å². The molecule has 0 aliphatic rings. The second-order valence-corrected chi connectivity index (χ2v) is 6.07. The number of benzene rings is 2. The zero-order chi connectivity index (χ0) is 18.8. The van der Waals surface area contributed by atoms with E-state index in [9.17, 15) is 9.59 Å². The van der Waals surface area contributed by atoms with Gasteiger partial charge in [0.25, 0.3) is 5.56 Å². The molecule has 0 N–H and O–H groups in total. The predicted molar refractivity (Wildman–Crippen MR) is 104 cm³/mol. The molecule has 2 aromatic carbocycles. The molecule has 0 spiro atoms. The van der Waals surface area contributed by atoms with Crippen molar-refractivity contribution in [1.82, 2.24) is 14.1 Å². The lowest BCUT2D eigenvalue weighted by atomic mass is 10.2. The molecule has 0 fully saturated rings. The van der Waals surface area contributed by atoms with Crippen molar-refractivity contribution in [1.29, 1.82) is 0 Å². The SMILES string of the molecule is COc1cccc(Cn2c(=O)c3cccnc3n(-c3ccccc3)c2=O)c1. The molecule has 6 heteroatoms. The molecule has 0 atom stereocenters. The summed E-state index contributed by atoms with van der Waals surface area (Å²) >= 11 is 0. The summed E-state index contributed by atoms with van der Waals surface area (Å²) in [7, 11) is 1.58. The maximum absolute atomic E-state index is 13.2. The van der Waals surface area contributed by atoms with E-state index in [1.807, 2.05) is 54.6 Å². The molecular formula is C21H17N3O3. The van der Waals surface area contributed by atoms with Crippen LogP contribution in [0.25, 0.3) is 16.7 Å². The molecule has 0 saturated carbocycles. The van der Waals surface area contributed by atoms with Crippen LogP contribution in [0.2, 0.25) is 0 Å². The molecular weight excluding hydrogens is 342 g/mol. The van der Waals surface area contributed by atoms with Crippen molar-refractivity contribution in [2.24, 2.45) is 0 Å². The Kier molecular flexibility index (Phi) is 4.30. The van der Waals surface area contributed by atoms with Gasteiger partial charge in [-0.1, -0.05) is 30.3 Å². The molecule has 0 amide bonds. The smallest absolute Gasteiger partial charge is 0.337 e. The van der Waals surface area contributed by atoms with Crippen LogP contribution in [0.5, 0.6) is 5.75 Å². The second kappa shape index (κ2) is 6.92. The Labute approximate surface area is 154 Å². The highest BCUT2D eigenvalue weighted by atomic mass is 16.5. The van der Waals surface area contributed by atoms with Crippen molar-refractivity contribution in [3.8, 4) is 11.4 Å². The van der Waals surface area contributed by atoms with E-state index in [4.69, 9.17) is 4.74 Å². The molecule has 0 aliphatic carbocycles. The minimum Gasteiger partial charge on any atom is -0.497 e. The Hall–Kier alpha value is -3.67. The second-order valence-electron chi connectivity index (χ2n) is 6.07. The quantitative estimate of drug-likeness (QED) is 0.562.